The summed E-state index contributed by atoms with van der Waals surface area (Å²) in [6.45, 7) is 6.92. The van der Waals surface area contributed by atoms with Crippen molar-refractivity contribution in [3.63, 3.8) is 0 Å². The van der Waals surface area contributed by atoms with Crippen molar-refractivity contribution in [3.05, 3.63) is 23.5 Å². The zero-order chi connectivity index (χ0) is 17.1. The lowest BCUT2D eigenvalue weighted by Gasteiger charge is -2.26. The number of carbonyl (C=O) groups is 1. The van der Waals surface area contributed by atoms with Gasteiger partial charge in [-0.05, 0) is 39.8 Å². The molecule has 1 amide bonds. The van der Waals surface area contributed by atoms with Crippen molar-refractivity contribution in [2.75, 3.05) is 5.32 Å². The number of anilines is 1. The maximum absolute atomic E-state index is 12.9. The van der Waals surface area contributed by atoms with Crippen molar-refractivity contribution in [1.82, 2.24) is 9.71 Å². The van der Waals surface area contributed by atoms with Crippen molar-refractivity contribution in [2.24, 2.45) is 0 Å². The Kier molecular flexibility index (Phi) is 6.09. The van der Waals surface area contributed by atoms with Crippen LogP contribution in [-0.2, 0) is 11.4 Å². The van der Waals surface area contributed by atoms with Crippen molar-refractivity contribution in [2.45, 2.75) is 44.9 Å². The summed E-state index contributed by atoms with van der Waals surface area (Å²) < 4.78 is 40.0. The number of nitrogens with one attached hydrogen (secondary N) is 2. The normalized spacial score (nSPS) is 14.7. The van der Waals surface area contributed by atoms with Gasteiger partial charge in [0.05, 0.1) is 11.7 Å². The average Bonchev–Trinajstić information content (AvgIpc) is 2.36. The Labute approximate surface area is 130 Å². The molecule has 124 valence electrons. The molecule has 6 nitrogen and oxygen atoms in total. The molecule has 22 heavy (non-hydrogen) atoms. The molecule has 0 fully saturated rings. The predicted molar refractivity (Wildman–Crippen MR) is 80.3 cm³/mol. The van der Waals surface area contributed by atoms with Gasteiger partial charge in [0, 0.05) is 17.0 Å². The number of alkyl halides is 2. The highest BCUT2D eigenvalue weighted by molar-refractivity contribution is 7.90. The van der Waals surface area contributed by atoms with Gasteiger partial charge in [0.25, 0.3) is 6.43 Å². The van der Waals surface area contributed by atoms with Crippen LogP contribution in [-0.4, -0.2) is 25.5 Å². The van der Waals surface area contributed by atoms with Crippen LogP contribution in [0.2, 0.25) is 0 Å². The van der Waals surface area contributed by atoms with Crippen molar-refractivity contribution >= 4 is 23.1 Å². The lowest BCUT2D eigenvalue weighted by molar-refractivity contribution is 0.145. The summed E-state index contributed by atoms with van der Waals surface area (Å²) in [4.78, 5) is 14.5. The minimum atomic E-state index is -2.84. The molecule has 0 aromatic carbocycles. The SMILES string of the molecule is CC(N[S+]([O-])C(C)(C)C)c1cc(NC(=O)O)cc(C(F)F)n1. The maximum atomic E-state index is 12.9. The average molecular weight is 335 g/mol. The van der Waals surface area contributed by atoms with Gasteiger partial charge in [-0.3, -0.25) is 5.32 Å². The minimum Gasteiger partial charge on any atom is -0.598 e. The molecule has 3 N–H and O–H groups in total. The van der Waals surface area contributed by atoms with E-state index in [0.717, 1.165) is 6.07 Å². The molecule has 0 radical (unpaired) electrons. The van der Waals surface area contributed by atoms with E-state index in [1.807, 2.05) is 5.32 Å². The first kappa shape index (κ1) is 18.6. The van der Waals surface area contributed by atoms with Crippen LogP contribution in [0, 0.1) is 0 Å². The first-order valence-electron chi connectivity index (χ1n) is 6.48. The molecule has 0 saturated carbocycles. The van der Waals surface area contributed by atoms with E-state index in [4.69, 9.17) is 5.11 Å². The third-order valence-electron chi connectivity index (χ3n) is 2.62. The fraction of sp³-hybridized carbons (Fsp3) is 0.538. The van der Waals surface area contributed by atoms with Gasteiger partial charge in [0.15, 0.2) is 0 Å². The molecule has 0 saturated heterocycles. The summed E-state index contributed by atoms with van der Waals surface area (Å²) in [7, 11) is 0. The third kappa shape index (κ3) is 5.39. The monoisotopic (exact) mass is 335 g/mol. The second-order valence-corrected chi connectivity index (χ2v) is 7.65. The lowest BCUT2D eigenvalue weighted by atomic mass is 10.2. The Balaban J connectivity index is 3.06. The number of rotatable bonds is 5. The van der Waals surface area contributed by atoms with E-state index < -0.39 is 40.4 Å². The molecule has 9 heteroatoms. The first-order valence-corrected chi connectivity index (χ1v) is 7.63. The van der Waals surface area contributed by atoms with E-state index in [-0.39, 0.29) is 11.4 Å². The number of aromatic nitrogens is 1. The van der Waals surface area contributed by atoms with Crippen LogP contribution in [0.4, 0.5) is 19.3 Å². The fourth-order valence-corrected chi connectivity index (χ4v) is 2.30. The Morgan fingerprint density at radius 2 is 1.91 bits per heavy atom. The lowest BCUT2D eigenvalue weighted by Crippen LogP contribution is -2.40. The molecule has 2 unspecified atom stereocenters. The van der Waals surface area contributed by atoms with E-state index in [2.05, 4.69) is 9.71 Å². The molecular formula is C13H19F2N3O3S. The molecule has 0 aliphatic rings. The van der Waals surface area contributed by atoms with E-state index in [9.17, 15) is 18.1 Å². The Morgan fingerprint density at radius 1 is 1.36 bits per heavy atom. The predicted octanol–water partition coefficient (Wildman–Crippen LogP) is 3.22. The summed E-state index contributed by atoms with van der Waals surface area (Å²) in [6, 6.07) is 1.71. The fourth-order valence-electron chi connectivity index (χ4n) is 1.50. The van der Waals surface area contributed by atoms with Gasteiger partial charge in [-0.25, -0.2) is 18.6 Å². The van der Waals surface area contributed by atoms with Gasteiger partial charge >= 0.3 is 6.09 Å². The standard InChI is InChI=1S/C13H19F2N3O3S/c1-7(18-22(21)13(2,3)4)9-5-8(16-12(19)20)6-10(17-9)11(14)15/h5-7,11,18H,1-4H3,(H,16,17)(H,19,20). The van der Waals surface area contributed by atoms with Gasteiger partial charge in [-0.15, -0.1) is 4.72 Å². The number of carboxylic acid groups (broad SMARTS) is 1. The zero-order valence-corrected chi connectivity index (χ0v) is 13.5. The number of hydrogen-bond donors (Lipinski definition) is 3. The van der Waals surface area contributed by atoms with Gasteiger partial charge in [-0.2, -0.15) is 0 Å². The minimum absolute atomic E-state index is 0.0111. The first-order chi connectivity index (χ1) is 10.0. The molecule has 1 aromatic heterocycles. The quantitative estimate of drug-likeness (QED) is 0.718. The van der Waals surface area contributed by atoms with E-state index >= 15 is 0 Å². The van der Waals surface area contributed by atoms with E-state index in [0.29, 0.717) is 0 Å². The summed E-state index contributed by atoms with van der Waals surface area (Å²) >= 11 is -1.42. The molecule has 0 aliphatic heterocycles. The van der Waals surface area contributed by atoms with Crippen LogP contribution >= 0.6 is 0 Å². The molecular weight excluding hydrogens is 316 g/mol. The molecule has 0 bridgehead atoms. The van der Waals surface area contributed by atoms with Crippen molar-refractivity contribution in [3.8, 4) is 0 Å². The van der Waals surface area contributed by atoms with Gasteiger partial charge in [0.2, 0.25) is 0 Å². The zero-order valence-electron chi connectivity index (χ0n) is 12.7. The van der Waals surface area contributed by atoms with Gasteiger partial charge in [-0.1, -0.05) is 0 Å². The van der Waals surface area contributed by atoms with E-state index in [1.165, 1.54) is 6.07 Å². The molecule has 1 heterocycles. The molecule has 0 spiro atoms. The van der Waals surface area contributed by atoms with Crippen LogP contribution in [0.15, 0.2) is 12.1 Å². The van der Waals surface area contributed by atoms with Crippen LogP contribution in [0.1, 0.15) is 51.6 Å². The molecule has 2 atom stereocenters. The third-order valence-corrected chi connectivity index (χ3v) is 4.30. The highest BCUT2D eigenvalue weighted by Crippen LogP contribution is 2.25. The Hall–Kier alpha value is -1.45. The second-order valence-electron chi connectivity index (χ2n) is 5.66. The highest BCUT2D eigenvalue weighted by Gasteiger charge is 2.29. The van der Waals surface area contributed by atoms with Crippen LogP contribution in [0.25, 0.3) is 0 Å². The Bertz CT molecular complexity index is 538. The number of pyridine rings is 1. The maximum Gasteiger partial charge on any atom is 0.409 e. The number of amides is 1. The van der Waals surface area contributed by atoms with Crippen LogP contribution < -0.4 is 10.0 Å². The topological polar surface area (TPSA) is 97.3 Å². The smallest absolute Gasteiger partial charge is 0.409 e. The number of halogens is 2. The second kappa shape index (κ2) is 7.21. The van der Waals surface area contributed by atoms with Crippen LogP contribution in [0.5, 0.6) is 0 Å². The summed E-state index contributed by atoms with van der Waals surface area (Å²) in [5, 5.41) is 10.7. The van der Waals surface area contributed by atoms with Gasteiger partial charge in [0.1, 0.15) is 10.4 Å². The molecule has 1 rings (SSSR count). The molecule has 1 aromatic rings. The summed E-state index contributed by atoms with van der Waals surface area (Å²) in [5.74, 6) is 0. The summed E-state index contributed by atoms with van der Waals surface area (Å²) in [5.41, 5.74) is -0.376. The molecule has 0 aliphatic carbocycles. The van der Waals surface area contributed by atoms with E-state index in [1.54, 1.807) is 27.7 Å². The number of nitrogens with zero attached hydrogens (tertiary/aromatic N) is 1. The van der Waals surface area contributed by atoms with Crippen molar-refractivity contribution in [1.29, 1.82) is 0 Å². The highest BCUT2D eigenvalue weighted by atomic mass is 32.2. The summed E-state index contributed by atoms with van der Waals surface area (Å²) in [6.07, 6.45) is -4.20. The number of hydrogen-bond acceptors (Lipinski definition) is 4. The van der Waals surface area contributed by atoms with Crippen LogP contribution in [0.3, 0.4) is 0 Å². The largest absolute Gasteiger partial charge is 0.598 e. The Morgan fingerprint density at radius 3 is 2.36 bits per heavy atom. The van der Waals surface area contributed by atoms with Gasteiger partial charge < -0.3 is 9.66 Å². The van der Waals surface area contributed by atoms with Crippen molar-refractivity contribution < 1.29 is 23.2 Å².